The molecule has 44 heavy (non-hydrogen) atoms. The maximum absolute atomic E-state index is 15.3. The number of nitrogens with zero attached hydrogens (tertiary/aromatic N) is 3. The number of aromatic nitrogens is 2. The van der Waals surface area contributed by atoms with E-state index in [1.54, 1.807) is 18.2 Å². The van der Waals surface area contributed by atoms with Crippen LogP contribution in [0.5, 0.6) is 5.75 Å². The Morgan fingerprint density at radius 2 is 1.80 bits per heavy atom. The monoisotopic (exact) mass is 605 g/mol. The van der Waals surface area contributed by atoms with Crippen molar-refractivity contribution in [2.45, 2.75) is 64.6 Å². The lowest BCUT2D eigenvalue weighted by molar-refractivity contribution is -0.136. The SMILES string of the molecule is Cc1c(CC(=O)O)c2n3cc(nc3c1CO)-c1cccc(c1)-c1c(ccc(F)c1F)OCCCCCOC1(C)CCN2CC1. The number of aliphatic hydroxyl groups excluding tert-OH is 1. The number of ether oxygens (including phenoxy) is 2. The number of fused-ring (bicyclic) bond motifs is 8. The number of benzene rings is 2. The number of pyridine rings is 1. The first kappa shape index (κ1) is 30.0. The predicted octanol–water partition coefficient (Wildman–Crippen LogP) is 6.31. The van der Waals surface area contributed by atoms with Gasteiger partial charge < -0.3 is 24.6 Å². The number of carboxylic acid groups (broad SMARTS) is 1. The lowest BCUT2D eigenvalue weighted by atomic mass is 9.92. The first-order valence-electron chi connectivity index (χ1n) is 15.2. The summed E-state index contributed by atoms with van der Waals surface area (Å²) in [4.78, 5) is 19.2. The zero-order valence-corrected chi connectivity index (χ0v) is 25.0. The summed E-state index contributed by atoms with van der Waals surface area (Å²) in [5.74, 6) is -1.92. The van der Waals surface area contributed by atoms with E-state index in [0.29, 0.717) is 65.5 Å². The van der Waals surface area contributed by atoms with Gasteiger partial charge in [-0.2, -0.15) is 0 Å². The number of aliphatic hydroxyl groups is 1. The van der Waals surface area contributed by atoms with Gasteiger partial charge in [-0.1, -0.05) is 18.2 Å². The van der Waals surface area contributed by atoms with E-state index in [2.05, 4.69) is 11.8 Å². The van der Waals surface area contributed by atoms with Crippen LogP contribution in [0.25, 0.3) is 28.0 Å². The van der Waals surface area contributed by atoms with Crippen molar-refractivity contribution in [1.29, 1.82) is 0 Å². The number of piperidine rings is 1. The molecule has 0 saturated carbocycles. The average molecular weight is 606 g/mol. The number of halogens is 2. The van der Waals surface area contributed by atoms with Crippen LogP contribution in [0, 0.1) is 18.6 Å². The summed E-state index contributed by atoms with van der Waals surface area (Å²) in [6, 6.07) is 9.58. The van der Waals surface area contributed by atoms with E-state index in [1.807, 2.05) is 23.6 Å². The molecule has 4 aromatic rings. The summed E-state index contributed by atoms with van der Waals surface area (Å²) < 4.78 is 44.0. The van der Waals surface area contributed by atoms with Crippen LogP contribution in [0.1, 0.15) is 55.7 Å². The smallest absolute Gasteiger partial charge is 0.307 e. The van der Waals surface area contributed by atoms with Crippen LogP contribution in [0.4, 0.5) is 14.6 Å². The highest BCUT2D eigenvalue weighted by molar-refractivity contribution is 5.80. The minimum absolute atomic E-state index is 0.0426. The Balaban J connectivity index is 1.55. The average Bonchev–Trinajstić information content (AvgIpc) is 3.44. The number of carboxylic acids is 1. The number of hydrogen-bond acceptors (Lipinski definition) is 6. The maximum atomic E-state index is 15.3. The van der Waals surface area contributed by atoms with Gasteiger partial charge in [0.2, 0.25) is 0 Å². The van der Waals surface area contributed by atoms with Crippen LogP contribution in [0.2, 0.25) is 0 Å². The van der Waals surface area contributed by atoms with E-state index in [9.17, 15) is 19.4 Å². The number of anilines is 1. The fraction of sp³-hybridized carbons (Fsp3) is 0.412. The first-order chi connectivity index (χ1) is 21.2. The summed E-state index contributed by atoms with van der Waals surface area (Å²) in [5.41, 5.74) is 3.76. The number of imidazole rings is 1. The Kier molecular flexibility index (Phi) is 8.30. The molecule has 0 amide bonds. The highest BCUT2D eigenvalue weighted by atomic mass is 19.2. The van der Waals surface area contributed by atoms with Gasteiger partial charge in [0.1, 0.15) is 17.2 Å². The fourth-order valence-corrected chi connectivity index (χ4v) is 6.43. The normalized spacial score (nSPS) is 17.0. The van der Waals surface area contributed by atoms with Gasteiger partial charge in [0, 0.05) is 42.6 Å². The Morgan fingerprint density at radius 1 is 1.05 bits per heavy atom. The standard InChI is InChI=1S/C34H37F2N3O5/c1-21-24(18-29(41)42)33-38-13-11-34(2,12-14-38)44-16-5-3-4-15-43-28-10-9-26(35)31(36)30(28)23-8-6-7-22(17-23)27-19-39(33)32(37-27)25(21)20-40/h6-10,17,19,40H,3-5,11-16,18,20H2,1-2H3,(H,41,42). The second-order valence-electron chi connectivity index (χ2n) is 12.0. The molecule has 1 fully saturated rings. The Morgan fingerprint density at radius 3 is 2.55 bits per heavy atom. The summed E-state index contributed by atoms with van der Waals surface area (Å²) in [6.45, 7) is 5.92. The summed E-state index contributed by atoms with van der Waals surface area (Å²) in [5, 5.41) is 20.3. The van der Waals surface area contributed by atoms with Crippen molar-refractivity contribution in [3.63, 3.8) is 0 Å². The second-order valence-corrected chi connectivity index (χ2v) is 12.0. The molecule has 2 aromatic carbocycles. The molecule has 1 saturated heterocycles. The largest absolute Gasteiger partial charge is 0.493 e. The van der Waals surface area contributed by atoms with Crippen LogP contribution in [0.3, 0.4) is 0 Å². The maximum Gasteiger partial charge on any atom is 0.307 e. The van der Waals surface area contributed by atoms with Crippen molar-refractivity contribution in [3.05, 3.63) is 70.9 Å². The summed E-state index contributed by atoms with van der Waals surface area (Å²) in [6.07, 6.45) is 5.62. The fourth-order valence-electron chi connectivity index (χ4n) is 6.43. The molecule has 0 radical (unpaired) electrons. The molecule has 3 aliphatic heterocycles. The highest BCUT2D eigenvalue weighted by Gasteiger charge is 2.34. The van der Waals surface area contributed by atoms with E-state index >= 15 is 4.39 Å². The molecule has 2 aromatic heterocycles. The molecule has 10 heteroatoms. The zero-order chi connectivity index (χ0) is 31.0. The Hall–Kier alpha value is -4.02. The molecule has 232 valence electrons. The number of aliphatic carboxylic acids is 1. The molecule has 0 atom stereocenters. The van der Waals surface area contributed by atoms with Crippen LogP contribution in [-0.2, 0) is 22.6 Å². The number of rotatable bonds is 3. The van der Waals surface area contributed by atoms with E-state index in [4.69, 9.17) is 14.5 Å². The second kappa shape index (κ2) is 12.2. The molecule has 0 spiro atoms. The van der Waals surface area contributed by atoms with Gasteiger partial charge in [0.25, 0.3) is 0 Å². The third-order valence-electron chi connectivity index (χ3n) is 8.99. The number of hydrogen-bond donors (Lipinski definition) is 2. The molecule has 2 N–H and O–H groups in total. The van der Waals surface area contributed by atoms with Crippen LogP contribution in [-0.4, -0.2) is 57.5 Å². The van der Waals surface area contributed by atoms with Gasteiger partial charge in [-0.05, 0) is 75.3 Å². The van der Waals surface area contributed by atoms with Crippen LogP contribution in [0.15, 0.2) is 42.6 Å². The first-order valence-corrected chi connectivity index (χ1v) is 15.2. The van der Waals surface area contributed by atoms with Crippen molar-refractivity contribution in [2.75, 3.05) is 31.2 Å². The van der Waals surface area contributed by atoms with Crippen LogP contribution >= 0.6 is 0 Å². The van der Waals surface area contributed by atoms with Crippen molar-refractivity contribution in [3.8, 4) is 28.1 Å². The zero-order valence-electron chi connectivity index (χ0n) is 25.0. The van der Waals surface area contributed by atoms with E-state index in [0.717, 1.165) is 44.0 Å². The van der Waals surface area contributed by atoms with Gasteiger partial charge in [-0.3, -0.25) is 9.20 Å². The van der Waals surface area contributed by atoms with Gasteiger partial charge in [0.05, 0.1) is 36.5 Å². The van der Waals surface area contributed by atoms with E-state index in [1.165, 1.54) is 6.07 Å². The third-order valence-corrected chi connectivity index (χ3v) is 8.99. The lowest BCUT2D eigenvalue weighted by Gasteiger charge is -2.41. The lowest BCUT2D eigenvalue weighted by Crippen LogP contribution is -2.45. The minimum atomic E-state index is -0.985. The van der Waals surface area contributed by atoms with Gasteiger partial charge in [-0.15, -0.1) is 0 Å². The summed E-state index contributed by atoms with van der Waals surface area (Å²) in [7, 11) is 0. The molecule has 0 unspecified atom stereocenters. The van der Waals surface area contributed by atoms with Gasteiger partial charge >= 0.3 is 5.97 Å². The molecular formula is C34H37F2N3O5. The van der Waals surface area contributed by atoms with Gasteiger partial charge in [0.15, 0.2) is 11.6 Å². The van der Waals surface area contributed by atoms with Crippen LogP contribution < -0.4 is 9.64 Å². The summed E-state index contributed by atoms with van der Waals surface area (Å²) >= 11 is 0. The minimum Gasteiger partial charge on any atom is -0.493 e. The molecule has 5 heterocycles. The predicted molar refractivity (Wildman–Crippen MR) is 163 cm³/mol. The molecule has 6 bridgehead atoms. The highest BCUT2D eigenvalue weighted by Crippen LogP contribution is 2.39. The Labute approximate surface area is 254 Å². The van der Waals surface area contributed by atoms with E-state index in [-0.39, 0.29) is 29.9 Å². The van der Waals surface area contributed by atoms with Crippen molar-refractivity contribution < 1.29 is 33.3 Å². The number of carbonyl (C=O) groups is 1. The third kappa shape index (κ3) is 5.64. The van der Waals surface area contributed by atoms with E-state index < -0.39 is 17.6 Å². The van der Waals surface area contributed by atoms with Gasteiger partial charge in [-0.25, -0.2) is 13.8 Å². The molecule has 3 aliphatic rings. The molecule has 0 aliphatic carbocycles. The van der Waals surface area contributed by atoms with Crippen molar-refractivity contribution >= 4 is 17.4 Å². The van der Waals surface area contributed by atoms with Crippen molar-refractivity contribution in [1.82, 2.24) is 9.38 Å². The van der Waals surface area contributed by atoms with Crippen molar-refractivity contribution in [2.24, 2.45) is 0 Å². The Bertz CT molecular complexity index is 1710. The molecular weight excluding hydrogens is 568 g/mol. The topological polar surface area (TPSA) is 96.5 Å². The molecule has 8 nitrogen and oxygen atoms in total. The molecule has 7 rings (SSSR count). The quantitative estimate of drug-likeness (QED) is 0.283.